The summed E-state index contributed by atoms with van der Waals surface area (Å²) in [5, 5.41) is 3.64. The third-order valence-electron chi connectivity index (χ3n) is 5.22. The monoisotopic (exact) mass is 406 g/mol. The predicted octanol–water partition coefficient (Wildman–Crippen LogP) is 5.69. The van der Waals surface area contributed by atoms with E-state index in [2.05, 4.69) is 18.8 Å². The van der Waals surface area contributed by atoms with Gasteiger partial charge in [-0.1, -0.05) is 31.4 Å². The van der Waals surface area contributed by atoms with Crippen molar-refractivity contribution < 1.29 is 9.53 Å². The molecule has 3 rings (SSSR count). The van der Waals surface area contributed by atoms with Gasteiger partial charge in [-0.05, 0) is 50.5 Å². The second kappa shape index (κ2) is 9.56. The highest BCUT2D eigenvalue weighted by Gasteiger charge is 2.29. The molecular weight excluding hydrogens is 380 g/mol. The summed E-state index contributed by atoms with van der Waals surface area (Å²) in [7, 11) is 0. The van der Waals surface area contributed by atoms with Gasteiger partial charge >= 0.3 is 0 Å². The van der Waals surface area contributed by atoms with Crippen LogP contribution in [0.2, 0.25) is 5.02 Å². The van der Waals surface area contributed by atoms with Crippen LogP contribution in [-0.2, 0) is 17.9 Å². The summed E-state index contributed by atoms with van der Waals surface area (Å²) in [6.07, 6.45) is 5.36. The van der Waals surface area contributed by atoms with Crippen molar-refractivity contribution in [3.8, 4) is 5.75 Å². The number of nitrogens with zero attached hydrogens (tertiary/aromatic N) is 2. The maximum atomic E-state index is 13.0. The Kier molecular flexibility index (Phi) is 7.13. The van der Waals surface area contributed by atoms with E-state index >= 15 is 0 Å². The summed E-state index contributed by atoms with van der Waals surface area (Å²) in [5.41, 5.74) is 0.946. The number of aromatic nitrogens is 1. The van der Waals surface area contributed by atoms with E-state index in [9.17, 15) is 4.79 Å². The fraction of sp³-hybridized carbons (Fsp3) is 0.524. The number of carbonyl (C=O) groups is 1. The molecule has 1 aliphatic rings. The molecule has 1 aromatic carbocycles. The van der Waals surface area contributed by atoms with Crippen LogP contribution in [0.5, 0.6) is 5.75 Å². The van der Waals surface area contributed by atoms with Gasteiger partial charge in [0.2, 0.25) is 5.91 Å². The van der Waals surface area contributed by atoms with Crippen molar-refractivity contribution in [2.75, 3.05) is 0 Å². The number of carbonyl (C=O) groups excluding carboxylic acids is 1. The van der Waals surface area contributed by atoms with Gasteiger partial charge in [-0.25, -0.2) is 4.98 Å². The number of rotatable bonds is 8. The third-order valence-corrected chi connectivity index (χ3v) is 6.34. The predicted molar refractivity (Wildman–Crippen MR) is 110 cm³/mol. The van der Waals surface area contributed by atoms with Gasteiger partial charge in [0.15, 0.2) is 0 Å². The highest BCUT2D eigenvalue weighted by Crippen LogP contribution is 2.28. The number of benzene rings is 1. The van der Waals surface area contributed by atoms with Crippen molar-refractivity contribution >= 4 is 28.8 Å². The summed E-state index contributed by atoms with van der Waals surface area (Å²) >= 11 is 7.47. The molecule has 1 heterocycles. The van der Waals surface area contributed by atoms with Crippen LogP contribution in [0.4, 0.5) is 0 Å². The van der Waals surface area contributed by atoms with E-state index < -0.39 is 0 Å². The molecule has 6 heteroatoms. The lowest BCUT2D eigenvalue weighted by Crippen LogP contribution is -2.41. The molecule has 27 heavy (non-hydrogen) atoms. The fourth-order valence-corrected chi connectivity index (χ4v) is 4.24. The first-order valence-electron chi connectivity index (χ1n) is 9.69. The molecule has 0 radical (unpaired) electrons. The third kappa shape index (κ3) is 5.45. The van der Waals surface area contributed by atoms with Crippen molar-refractivity contribution in [2.45, 2.75) is 65.1 Å². The largest absolute Gasteiger partial charge is 0.486 e. The zero-order chi connectivity index (χ0) is 19.2. The van der Waals surface area contributed by atoms with E-state index in [1.807, 2.05) is 34.5 Å². The summed E-state index contributed by atoms with van der Waals surface area (Å²) < 4.78 is 5.77. The SMILES string of the molecule is CC[C@@H](C)N(Cc1csc(COc2ccc(Cl)cc2)n1)C(=O)C1CCCC1. The number of thiazole rings is 1. The average Bonchev–Trinajstić information content (AvgIpc) is 3.36. The van der Waals surface area contributed by atoms with Crippen LogP contribution in [-0.4, -0.2) is 21.8 Å². The van der Waals surface area contributed by atoms with Crippen LogP contribution >= 0.6 is 22.9 Å². The minimum absolute atomic E-state index is 0.199. The lowest BCUT2D eigenvalue weighted by Gasteiger charge is -2.30. The van der Waals surface area contributed by atoms with Crippen molar-refractivity contribution in [2.24, 2.45) is 5.92 Å². The molecule has 4 nitrogen and oxygen atoms in total. The Morgan fingerprint density at radius 3 is 2.70 bits per heavy atom. The Balaban J connectivity index is 1.61. The van der Waals surface area contributed by atoms with Crippen molar-refractivity contribution in [3.63, 3.8) is 0 Å². The molecular formula is C21H27ClN2O2S. The van der Waals surface area contributed by atoms with Gasteiger partial charge in [0.25, 0.3) is 0 Å². The molecule has 0 aliphatic heterocycles. The Labute approximate surface area is 170 Å². The first-order chi connectivity index (χ1) is 13.1. The smallest absolute Gasteiger partial charge is 0.226 e. The van der Waals surface area contributed by atoms with E-state index in [-0.39, 0.29) is 12.0 Å². The molecule has 1 amide bonds. The molecule has 1 aromatic heterocycles. The van der Waals surface area contributed by atoms with Crippen molar-refractivity contribution in [1.82, 2.24) is 9.88 Å². The van der Waals surface area contributed by atoms with Crippen LogP contribution in [0.3, 0.4) is 0 Å². The molecule has 2 aromatic rings. The normalized spacial score (nSPS) is 15.7. The topological polar surface area (TPSA) is 42.4 Å². The minimum Gasteiger partial charge on any atom is -0.486 e. The van der Waals surface area contributed by atoms with Gasteiger partial charge in [-0.15, -0.1) is 11.3 Å². The first-order valence-corrected chi connectivity index (χ1v) is 10.9. The van der Waals surface area contributed by atoms with E-state index in [4.69, 9.17) is 16.3 Å². The lowest BCUT2D eigenvalue weighted by atomic mass is 10.0. The van der Waals surface area contributed by atoms with Crippen molar-refractivity contribution in [1.29, 1.82) is 0 Å². The van der Waals surface area contributed by atoms with E-state index in [0.717, 1.165) is 35.7 Å². The van der Waals surface area contributed by atoms with E-state index in [1.165, 1.54) is 12.8 Å². The number of hydrogen-bond donors (Lipinski definition) is 0. The lowest BCUT2D eigenvalue weighted by molar-refractivity contribution is -0.138. The summed E-state index contributed by atoms with van der Waals surface area (Å²) in [5.74, 6) is 1.27. The summed E-state index contributed by atoms with van der Waals surface area (Å²) in [6.45, 7) is 5.27. The molecule has 1 saturated carbocycles. The molecule has 0 unspecified atom stereocenters. The molecule has 1 aliphatic carbocycles. The van der Waals surface area contributed by atoms with Crippen LogP contribution in [0.15, 0.2) is 29.6 Å². The Morgan fingerprint density at radius 2 is 2.04 bits per heavy atom. The molecule has 0 bridgehead atoms. The molecule has 0 saturated heterocycles. The average molecular weight is 407 g/mol. The maximum absolute atomic E-state index is 13.0. The number of amides is 1. The van der Waals surface area contributed by atoms with Gasteiger partial charge < -0.3 is 9.64 Å². The Hall–Kier alpha value is -1.59. The second-order valence-corrected chi connectivity index (χ2v) is 8.56. The van der Waals surface area contributed by atoms with Gasteiger partial charge in [0.05, 0.1) is 12.2 Å². The molecule has 1 atom stereocenters. The number of halogens is 1. The zero-order valence-electron chi connectivity index (χ0n) is 16.0. The summed E-state index contributed by atoms with van der Waals surface area (Å²) in [6, 6.07) is 7.54. The van der Waals surface area contributed by atoms with Gasteiger partial charge in [-0.2, -0.15) is 0 Å². The second-order valence-electron chi connectivity index (χ2n) is 7.18. The summed E-state index contributed by atoms with van der Waals surface area (Å²) in [4.78, 5) is 19.7. The standard InChI is InChI=1S/C21H27ClN2O2S/c1-3-15(2)24(21(25)16-6-4-5-7-16)12-18-14-27-20(23-18)13-26-19-10-8-17(22)9-11-19/h8-11,14-16H,3-7,12-13H2,1-2H3/t15-/m1/s1. The highest BCUT2D eigenvalue weighted by molar-refractivity contribution is 7.09. The number of hydrogen-bond acceptors (Lipinski definition) is 4. The minimum atomic E-state index is 0.199. The van der Waals surface area contributed by atoms with Crippen LogP contribution in [0.1, 0.15) is 56.7 Å². The molecule has 1 fully saturated rings. The van der Waals surface area contributed by atoms with Crippen LogP contribution in [0, 0.1) is 5.92 Å². The van der Waals surface area contributed by atoms with E-state index in [0.29, 0.717) is 24.1 Å². The van der Waals surface area contributed by atoms with Gasteiger partial charge in [0.1, 0.15) is 17.4 Å². The zero-order valence-corrected chi connectivity index (χ0v) is 17.6. The van der Waals surface area contributed by atoms with Crippen LogP contribution < -0.4 is 4.74 Å². The molecule has 0 N–H and O–H groups in total. The van der Waals surface area contributed by atoms with E-state index in [1.54, 1.807) is 11.3 Å². The Bertz CT molecular complexity index is 741. The van der Waals surface area contributed by atoms with Crippen LogP contribution in [0.25, 0.3) is 0 Å². The van der Waals surface area contributed by atoms with Crippen molar-refractivity contribution in [3.05, 3.63) is 45.4 Å². The molecule has 0 spiro atoms. The fourth-order valence-electron chi connectivity index (χ4n) is 3.42. The number of ether oxygens (including phenoxy) is 1. The van der Waals surface area contributed by atoms with Gasteiger partial charge in [-0.3, -0.25) is 4.79 Å². The first kappa shape index (κ1) is 20.2. The Morgan fingerprint density at radius 1 is 1.33 bits per heavy atom. The van der Waals surface area contributed by atoms with Gasteiger partial charge in [0, 0.05) is 22.4 Å². The molecule has 146 valence electrons. The quantitative estimate of drug-likeness (QED) is 0.565. The highest BCUT2D eigenvalue weighted by atomic mass is 35.5. The maximum Gasteiger partial charge on any atom is 0.226 e.